The first kappa shape index (κ1) is 26.7. The number of ketones is 1. The lowest BCUT2D eigenvalue weighted by molar-refractivity contribution is -0.132. The summed E-state index contributed by atoms with van der Waals surface area (Å²) in [6.45, 7) is 7.96. The molecule has 196 valence electrons. The maximum Gasteiger partial charge on any atom is 0.308 e. The van der Waals surface area contributed by atoms with Crippen LogP contribution in [0.5, 0.6) is 11.5 Å². The molecule has 3 aromatic carbocycles. The average Bonchev–Trinajstić information content (AvgIpc) is 3.17. The van der Waals surface area contributed by atoms with Gasteiger partial charge >= 0.3 is 5.97 Å². The van der Waals surface area contributed by atoms with Crippen molar-refractivity contribution in [3.05, 3.63) is 95.1 Å². The summed E-state index contributed by atoms with van der Waals surface area (Å²) < 4.78 is 11.0. The van der Waals surface area contributed by atoms with Gasteiger partial charge in [-0.1, -0.05) is 45.0 Å². The van der Waals surface area contributed by atoms with E-state index in [-0.39, 0.29) is 17.1 Å². The number of amides is 1. The van der Waals surface area contributed by atoms with E-state index < -0.39 is 23.7 Å². The number of nitrogens with zero attached hydrogens (tertiary/aromatic N) is 1. The topological polar surface area (TPSA) is 93.1 Å². The number of ether oxygens (including phenoxy) is 2. The Morgan fingerprint density at radius 2 is 1.66 bits per heavy atom. The minimum atomic E-state index is -0.935. The fourth-order valence-corrected chi connectivity index (χ4v) is 4.35. The maximum atomic E-state index is 13.4. The van der Waals surface area contributed by atoms with Crippen molar-refractivity contribution in [2.45, 2.75) is 40.2 Å². The van der Waals surface area contributed by atoms with Crippen molar-refractivity contribution in [2.24, 2.45) is 5.92 Å². The number of carbonyl (C=O) groups excluding carboxylic acids is 3. The van der Waals surface area contributed by atoms with Crippen molar-refractivity contribution in [1.82, 2.24) is 0 Å². The predicted octanol–water partition coefficient (Wildman–Crippen LogP) is 5.84. The van der Waals surface area contributed by atoms with Crippen LogP contribution in [0.3, 0.4) is 0 Å². The summed E-state index contributed by atoms with van der Waals surface area (Å²) in [6.07, 6.45) is 0.823. The number of aliphatic hydroxyl groups excluding tert-OH is 1. The number of esters is 1. The first-order valence-electron chi connectivity index (χ1n) is 12.6. The van der Waals surface area contributed by atoms with Gasteiger partial charge in [-0.15, -0.1) is 0 Å². The Balaban J connectivity index is 1.83. The van der Waals surface area contributed by atoms with E-state index in [1.807, 2.05) is 32.9 Å². The maximum absolute atomic E-state index is 13.4. The molecule has 0 spiro atoms. The number of hydrogen-bond donors (Lipinski definition) is 1. The monoisotopic (exact) mass is 513 g/mol. The first-order chi connectivity index (χ1) is 18.2. The summed E-state index contributed by atoms with van der Waals surface area (Å²) in [6, 6.07) is 19.8. The van der Waals surface area contributed by atoms with E-state index in [1.165, 1.54) is 11.8 Å². The molecule has 0 aromatic heterocycles. The quantitative estimate of drug-likeness (QED) is 0.134. The molecular weight excluding hydrogens is 482 g/mol. The third kappa shape index (κ3) is 5.62. The van der Waals surface area contributed by atoms with Gasteiger partial charge in [0, 0.05) is 18.2 Å². The number of carbonyl (C=O) groups is 3. The predicted molar refractivity (Wildman–Crippen MR) is 145 cm³/mol. The standard InChI is InChI=1S/C31H31NO6/c1-5-21-9-13-24(14-10-21)32-28(23-7-6-8-26(17-23)38-20(4)33)27(30(35)31(32)36)29(34)22-11-15-25(16-12-22)37-18-19(2)3/h6-17,19,28,34H,5,18H2,1-4H3/b29-27-. The van der Waals surface area contributed by atoms with Gasteiger partial charge in [-0.2, -0.15) is 0 Å². The van der Waals surface area contributed by atoms with E-state index in [1.54, 1.807) is 60.7 Å². The van der Waals surface area contributed by atoms with Crippen LogP contribution < -0.4 is 14.4 Å². The van der Waals surface area contributed by atoms with Crippen LogP contribution in [0, 0.1) is 5.92 Å². The minimum absolute atomic E-state index is 0.0506. The summed E-state index contributed by atoms with van der Waals surface area (Å²) >= 11 is 0. The highest BCUT2D eigenvalue weighted by Crippen LogP contribution is 2.43. The zero-order valence-electron chi connectivity index (χ0n) is 21.9. The van der Waals surface area contributed by atoms with Gasteiger partial charge in [-0.25, -0.2) is 0 Å². The highest BCUT2D eigenvalue weighted by atomic mass is 16.5. The Kier molecular flexibility index (Phi) is 7.96. The Morgan fingerprint density at radius 3 is 2.26 bits per heavy atom. The Labute approximate surface area is 222 Å². The van der Waals surface area contributed by atoms with Crippen LogP contribution in [-0.2, 0) is 20.8 Å². The van der Waals surface area contributed by atoms with Crippen molar-refractivity contribution in [3.8, 4) is 11.5 Å². The lowest BCUT2D eigenvalue weighted by Crippen LogP contribution is -2.29. The SMILES string of the molecule is CCc1ccc(N2C(=O)C(=O)/C(=C(\O)c3ccc(OCC(C)C)cc3)C2c2cccc(OC(C)=O)c2)cc1. The van der Waals surface area contributed by atoms with Crippen molar-refractivity contribution in [3.63, 3.8) is 0 Å². The third-order valence-corrected chi connectivity index (χ3v) is 6.21. The molecule has 1 amide bonds. The van der Waals surface area contributed by atoms with Crippen molar-refractivity contribution in [2.75, 3.05) is 11.5 Å². The van der Waals surface area contributed by atoms with Gasteiger partial charge in [0.25, 0.3) is 11.7 Å². The summed E-state index contributed by atoms with van der Waals surface area (Å²) in [7, 11) is 0. The van der Waals surface area contributed by atoms with E-state index in [0.29, 0.717) is 35.1 Å². The molecule has 1 fully saturated rings. The number of aliphatic hydroxyl groups is 1. The molecule has 1 unspecified atom stereocenters. The molecule has 7 nitrogen and oxygen atoms in total. The Bertz CT molecular complexity index is 1370. The van der Waals surface area contributed by atoms with Crippen LogP contribution >= 0.6 is 0 Å². The van der Waals surface area contributed by atoms with Gasteiger partial charge in [0.2, 0.25) is 0 Å². The van der Waals surface area contributed by atoms with E-state index in [0.717, 1.165) is 12.0 Å². The van der Waals surface area contributed by atoms with Crippen LogP contribution in [0.25, 0.3) is 5.76 Å². The van der Waals surface area contributed by atoms with Crippen molar-refractivity contribution in [1.29, 1.82) is 0 Å². The fourth-order valence-electron chi connectivity index (χ4n) is 4.35. The zero-order chi connectivity index (χ0) is 27.4. The second kappa shape index (κ2) is 11.3. The Hall–Kier alpha value is -4.39. The molecule has 38 heavy (non-hydrogen) atoms. The van der Waals surface area contributed by atoms with Gasteiger partial charge in [-0.05, 0) is 72.0 Å². The second-order valence-electron chi connectivity index (χ2n) is 9.58. The lowest BCUT2D eigenvalue weighted by Gasteiger charge is -2.26. The Morgan fingerprint density at radius 1 is 0.974 bits per heavy atom. The van der Waals surface area contributed by atoms with E-state index >= 15 is 0 Å². The van der Waals surface area contributed by atoms with Crippen molar-refractivity contribution >= 4 is 29.1 Å². The first-order valence-corrected chi connectivity index (χ1v) is 12.6. The molecule has 3 aromatic rings. The van der Waals surface area contributed by atoms with Crippen LogP contribution in [0.1, 0.15) is 50.4 Å². The highest BCUT2D eigenvalue weighted by molar-refractivity contribution is 6.51. The highest BCUT2D eigenvalue weighted by Gasteiger charge is 2.47. The molecule has 0 bridgehead atoms. The molecule has 1 saturated heterocycles. The summed E-state index contributed by atoms with van der Waals surface area (Å²) in [4.78, 5) is 39.7. The van der Waals surface area contributed by atoms with Gasteiger partial charge in [0.05, 0.1) is 18.2 Å². The summed E-state index contributed by atoms with van der Waals surface area (Å²) in [5, 5.41) is 11.4. The molecular formula is C31H31NO6. The largest absolute Gasteiger partial charge is 0.507 e. The van der Waals surface area contributed by atoms with Crippen LogP contribution in [0.4, 0.5) is 5.69 Å². The van der Waals surface area contributed by atoms with Gasteiger partial charge < -0.3 is 14.6 Å². The number of benzene rings is 3. The molecule has 0 radical (unpaired) electrons. The normalized spacial score (nSPS) is 16.7. The summed E-state index contributed by atoms with van der Waals surface area (Å²) in [5.74, 6) is -1.08. The fraction of sp³-hybridized carbons (Fsp3) is 0.258. The number of rotatable bonds is 8. The summed E-state index contributed by atoms with van der Waals surface area (Å²) in [5.41, 5.74) is 2.44. The molecule has 1 aliphatic rings. The molecule has 4 rings (SSSR count). The molecule has 1 heterocycles. The van der Waals surface area contributed by atoms with E-state index in [2.05, 4.69) is 0 Å². The van der Waals surface area contributed by atoms with Gasteiger partial charge in [-0.3, -0.25) is 19.3 Å². The minimum Gasteiger partial charge on any atom is -0.507 e. The second-order valence-corrected chi connectivity index (χ2v) is 9.58. The molecule has 7 heteroatoms. The van der Waals surface area contributed by atoms with Crippen LogP contribution in [0.2, 0.25) is 0 Å². The molecule has 1 atom stereocenters. The zero-order valence-corrected chi connectivity index (χ0v) is 21.9. The number of aryl methyl sites for hydroxylation is 1. The smallest absolute Gasteiger partial charge is 0.308 e. The average molecular weight is 514 g/mol. The number of hydrogen-bond acceptors (Lipinski definition) is 6. The van der Waals surface area contributed by atoms with Crippen molar-refractivity contribution < 1.29 is 29.0 Å². The van der Waals surface area contributed by atoms with E-state index in [4.69, 9.17) is 9.47 Å². The third-order valence-electron chi connectivity index (χ3n) is 6.21. The number of Topliss-reactive ketones (excluding diaryl/α,β-unsaturated/α-hetero) is 1. The van der Waals surface area contributed by atoms with Crippen LogP contribution in [-0.4, -0.2) is 29.4 Å². The number of anilines is 1. The lowest BCUT2D eigenvalue weighted by atomic mass is 9.95. The van der Waals surface area contributed by atoms with Crippen LogP contribution in [0.15, 0.2) is 78.4 Å². The van der Waals surface area contributed by atoms with Gasteiger partial charge in [0.1, 0.15) is 17.3 Å². The van der Waals surface area contributed by atoms with E-state index in [9.17, 15) is 19.5 Å². The van der Waals surface area contributed by atoms with Gasteiger partial charge in [0.15, 0.2) is 0 Å². The molecule has 1 aliphatic heterocycles. The molecule has 1 N–H and O–H groups in total. The molecule has 0 saturated carbocycles. The molecule has 0 aliphatic carbocycles.